The smallest absolute Gasteiger partial charge is 0.0499 e. The van der Waals surface area contributed by atoms with E-state index >= 15 is 0 Å². The van der Waals surface area contributed by atoms with Crippen LogP contribution in [0.3, 0.4) is 0 Å². The van der Waals surface area contributed by atoms with Gasteiger partial charge in [-0.15, -0.1) is 0 Å². The normalized spacial score (nSPS) is 12.5. The lowest BCUT2D eigenvalue weighted by atomic mass is 9.83. The number of nitrogens with one attached hydrogen (secondary N) is 1. The molecular formula is C9H22N2O. The lowest BCUT2D eigenvalue weighted by molar-refractivity contribution is 0.0905. The number of hydrazine groups is 1. The van der Waals surface area contributed by atoms with Gasteiger partial charge in [0.2, 0.25) is 0 Å². The maximum atomic E-state index is 9.23. The average Bonchev–Trinajstić information content (AvgIpc) is 2.08. The maximum absolute atomic E-state index is 9.23. The third kappa shape index (κ3) is 3.52. The second-order valence-electron chi connectivity index (χ2n) is 3.59. The van der Waals surface area contributed by atoms with Gasteiger partial charge in [0.1, 0.15) is 0 Å². The molecule has 0 aromatic rings. The summed E-state index contributed by atoms with van der Waals surface area (Å²) in [6, 6.07) is 0. The Labute approximate surface area is 75.7 Å². The highest BCUT2D eigenvalue weighted by atomic mass is 16.3. The molecule has 0 unspecified atom stereocenters. The van der Waals surface area contributed by atoms with Crippen LogP contribution in [0.5, 0.6) is 0 Å². The zero-order valence-electron chi connectivity index (χ0n) is 8.72. The van der Waals surface area contributed by atoms with Gasteiger partial charge in [-0.1, -0.05) is 13.8 Å². The van der Waals surface area contributed by atoms with Gasteiger partial charge >= 0.3 is 0 Å². The van der Waals surface area contributed by atoms with Crippen molar-refractivity contribution >= 4 is 0 Å². The Balaban J connectivity index is 3.93. The third-order valence-corrected chi connectivity index (χ3v) is 2.61. The van der Waals surface area contributed by atoms with Gasteiger partial charge < -0.3 is 5.11 Å². The summed E-state index contributed by atoms with van der Waals surface area (Å²) >= 11 is 0. The summed E-state index contributed by atoms with van der Waals surface area (Å²) in [7, 11) is 3.93. The summed E-state index contributed by atoms with van der Waals surface area (Å²) in [6.07, 6.45) is 2.03. The summed E-state index contributed by atoms with van der Waals surface area (Å²) in [5, 5.41) is 11.2. The minimum Gasteiger partial charge on any atom is -0.396 e. The van der Waals surface area contributed by atoms with E-state index in [4.69, 9.17) is 0 Å². The molecule has 0 aliphatic carbocycles. The number of aliphatic hydroxyl groups excluding tert-OH is 1. The third-order valence-electron chi connectivity index (χ3n) is 2.61. The molecule has 0 aromatic carbocycles. The second kappa shape index (κ2) is 5.51. The molecule has 0 radical (unpaired) electrons. The van der Waals surface area contributed by atoms with Crippen LogP contribution < -0.4 is 5.43 Å². The summed E-state index contributed by atoms with van der Waals surface area (Å²) in [4.78, 5) is 0. The summed E-state index contributed by atoms with van der Waals surface area (Å²) in [6.45, 7) is 5.36. The Morgan fingerprint density at radius 2 is 1.75 bits per heavy atom. The molecule has 0 bridgehead atoms. The fourth-order valence-electron chi connectivity index (χ4n) is 1.11. The van der Waals surface area contributed by atoms with Crippen LogP contribution in [0.25, 0.3) is 0 Å². The second-order valence-corrected chi connectivity index (χ2v) is 3.59. The van der Waals surface area contributed by atoms with Crippen LogP contribution in [0.15, 0.2) is 0 Å². The number of nitrogens with zero attached hydrogens (tertiary/aromatic N) is 1. The van der Waals surface area contributed by atoms with Gasteiger partial charge in [-0.2, -0.15) is 0 Å². The van der Waals surface area contributed by atoms with Crippen molar-refractivity contribution in [3.05, 3.63) is 0 Å². The first-order chi connectivity index (χ1) is 5.60. The Hall–Kier alpha value is -0.120. The van der Waals surface area contributed by atoms with Crippen molar-refractivity contribution in [2.75, 3.05) is 27.2 Å². The van der Waals surface area contributed by atoms with Crippen molar-refractivity contribution in [1.82, 2.24) is 10.4 Å². The van der Waals surface area contributed by atoms with E-state index < -0.39 is 0 Å². The van der Waals surface area contributed by atoms with Crippen LogP contribution in [-0.4, -0.2) is 37.4 Å². The minimum atomic E-state index is 0.0598. The highest BCUT2D eigenvalue weighted by Gasteiger charge is 2.24. The molecule has 3 heteroatoms. The molecule has 0 fully saturated rings. The van der Waals surface area contributed by atoms with E-state index in [1.807, 2.05) is 19.1 Å². The van der Waals surface area contributed by atoms with Gasteiger partial charge in [-0.3, -0.25) is 10.4 Å². The molecule has 0 saturated heterocycles. The number of hydrogen-bond acceptors (Lipinski definition) is 3. The fraction of sp³-hybridized carbons (Fsp3) is 1.00. The monoisotopic (exact) mass is 174 g/mol. The quantitative estimate of drug-likeness (QED) is 0.586. The molecule has 0 aliphatic heterocycles. The topological polar surface area (TPSA) is 35.5 Å². The van der Waals surface area contributed by atoms with Gasteiger partial charge in [-0.25, -0.2) is 0 Å². The van der Waals surface area contributed by atoms with Gasteiger partial charge in [0, 0.05) is 32.7 Å². The van der Waals surface area contributed by atoms with E-state index in [2.05, 4.69) is 19.3 Å². The molecule has 0 heterocycles. The van der Waals surface area contributed by atoms with Crippen molar-refractivity contribution in [3.8, 4) is 0 Å². The van der Waals surface area contributed by atoms with Crippen molar-refractivity contribution in [2.45, 2.75) is 26.7 Å². The van der Waals surface area contributed by atoms with Gasteiger partial charge in [0.05, 0.1) is 0 Å². The molecule has 12 heavy (non-hydrogen) atoms. The Bertz CT molecular complexity index is 103. The summed E-state index contributed by atoms with van der Waals surface area (Å²) in [5.74, 6) is 0. The molecular weight excluding hydrogens is 152 g/mol. The van der Waals surface area contributed by atoms with Crippen molar-refractivity contribution in [2.24, 2.45) is 5.41 Å². The van der Waals surface area contributed by atoms with Crippen LogP contribution >= 0.6 is 0 Å². The molecule has 3 nitrogen and oxygen atoms in total. The highest BCUT2D eigenvalue weighted by Crippen LogP contribution is 2.24. The van der Waals surface area contributed by atoms with E-state index in [1.165, 1.54) is 0 Å². The Kier molecular flexibility index (Phi) is 5.46. The predicted molar refractivity (Wildman–Crippen MR) is 51.8 cm³/mol. The van der Waals surface area contributed by atoms with Crippen LogP contribution in [0.4, 0.5) is 0 Å². The number of aliphatic hydroxyl groups is 1. The van der Waals surface area contributed by atoms with Crippen LogP contribution in [-0.2, 0) is 0 Å². The molecule has 74 valence electrons. The largest absolute Gasteiger partial charge is 0.396 e. The first kappa shape index (κ1) is 11.9. The minimum absolute atomic E-state index is 0.0598. The lowest BCUT2D eigenvalue weighted by Crippen LogP contribution is -2.42. The van der Waals surface area contributed by atoms with E-state index in [0.29, 0.717) is 0 Å². The van der Waals surface area contributed by atoms with E-state index in [9.17, 15) is 5.11 Å². The highest BCUT2D eigenvalue weighted by molar-refractivity contribution is 4.77. The van der Waals surface area contributed by atoms with Crippen molar-refractivity contribution in [3.63, 3.8) is 0 Å². The molecule has 0 spiro atoms. The summed E-state index contributed by atoms with van der Waals surface area (Å²) < 4.78 is 0. The average molecular weight is 174 g/mol. The van der Waals surface area contributed by atoms with Crippen LogP contribution in [0.2, 0.25) is 0 Å². The predicted octanol–water partition coefficient (Wildman–Crippen LogP) is 0.851. The van der Waals surface area contributed by atoms with E-state index in [0.717, 1.165) is 19.4 Å². The molecule has 0 saturated carbocycles. The zero-order valence-corrected chi connectivity index (χ0v) is 8.72. The Morgan fingerprint density at radius 1 is 1.25 bits per heavy atom. The first-order valence-electron chi connectivity index (χ1n) is 4.62. The zero-order chi connectivity index (χ0) is 9.61. The standard InChI is InChI=1S/C9H22N2O/c1-5-9(6-2,8-12)7-10-11(3)4/h10,12H,5-8H2,1-4H3. The van der Waals surface area contributed by atoms with Gasteiger partial charge in [-0.05, 0) is 12.8 Å². The maximum Gasteiger partial charge on any atom is 0.0499 e. The molecule has 0 atom stereocenters. The SMILES string of the molecule is CCC(CC)(CO)CNN(C)C. The van der Waals surface area contributed by atoms with Gasteiger partial charge in [0.25, 0.3) is 0 Å². The molecule has 0 rings (SSSR count). The molecule has 0 aliphatic rings. The first-order valence-corrected chi connectivity index (χ1v) is 4.62. The fourth-order valence-corrected chi connectivity index (χ4v) is 1.11. The molecule has 0 aromatic heterocycles. The summed E-state index contributed by atoms with van der Waals surface area (Å²) in [5.41, 5.74) is 3.27. The number of hydrogen-bond donors (Lipinski definition) is 2. The number of rotatable bonds is 6. The lowest BCUT2D eigenvalue weighted by Gasteiger charge is -2.31. The van der Waals surface area contributed by atoms with Crippen molar-refractivity contribution in [1.29, 1.82) is 0 Å². The Morgan fingerprint density at radius 3 is 2.00 bits per heavy atom. The van der Waals surface area contributed by atoms with E-state index in [-0.39, 0.29) is 12.0 Å². The van der Waals surface area contributed by atoms with Crippen LogP contribution in [0.1, 0.15) is 26.7 Å². The van der Waals surface area contributed by atoms with Crippen molar-refractivity contribution < 1.29 is 5.11 Å². The van der Waals surface area contributed by atoms with E-state index in [1.54, 1.807) is 0 Å². The molecule has 0 amide bonds. The molecule has 2 N–H and O–H groups in total. The van der Waals surface area contributed by atoms with Gasteiger partial charge in [0.15, 0.2) is 0 Å². The van der Waals surface area contributed by atoms with Crippen LogP contribution in [0, 0.1) is 5.41 Å².